The molecule has 0 unspecified atom stereocenters. The van der Waals surface area contributed by atoms with E-state index in [4.69, 9.17) is 0 Å². The van der Waals surface area contributed by atoms with E-state index < -0.39 is 0 Å². The Kier molecular flexibility index (Phi) is 3.48. The van der Waals surface area contributed by atoms with E-state index in [2.05, 4.69) is 20.8 Å². The summed E-state index contributed by atoms with van der Waals surface area (Å²) < 4.78 is 0. The van der Waals surface area contributed by atoms with Crippen molar-refractivity contribution in [2.24, 2.45) is 40.4 Å². The largest absolute Gasteiger partial charge is 0.393 e. The Bertz CT molecular complexity index is 449. The van der Waals surface area contributed by atoms with Gasteiger partial charge in [0.2, 0.25) is 0 Å². The van der Waals surface area contributed by atoms with E-state index >= 15 is 0 Å². The minimum absolute atomic E-state index is 0.0906. The van der Waals surface area contributed by atoms with Crippen LogP contribution in [0.2, 0.25) is 0 Å². The Morgan fingerprint density at radius 1 is 0.909 bits per heavy atom. The zero-order chi connectivity index (χ0) is 15.7. The zero-order valence-corrected chi connectivity index (χ0v) is 14.6. The standard InChI is InChI=1S/C20H34O2/c1-12-4-7-16-15-6-5-13-10-14(21)8-9-19(13,2)18(15)17(22)11-20(12,16)3/h12-18,21-22H,4-11H2,1-3H3/t12-,13-,14+,15-,16-,17+,18+,19-,20+/m0/s1. The van der Waals surface area contributed by atoms with Gasteiger partial charge in [-0.1, -0.05) is 20.8 Å². The molecule has 4 rings (SSSR count). The lowest BCUT2D eigenvalue weighted by Crippen LogP contribution is -2.58. The fourth-order valence-corrected chi connectivity index (χ4v) is 7.61. The van der Waals surface area contributed by atoms with Crippen LogP contribution in [0.5, 0.6) is 0 Å². The summed E-state index contributed by atoms with van der Waals surface area (Å²) in [5.41, 5.74) is 0.646. The highest BCUT2D eigenvalue weighted by Gasteiger charge is 2.62. The molecule has 4 aliphatic rings. The van der Waals surface area contributed by atoms with E-state index in [0.29, 0.717) is 17.3 Å². The maximum Gasteiger partial charge on any atom is 0.0581 e. The molecule has 0 bridgehead atoms. The molecular formula is C20H34O2. The van der Waals surface area contributed by atoms with Crippen molar-refractivity contribution in [3.8, 4) is 0 Å². The van der Waals surface area contributed by atoms with Crippen LogP contribution < -0.4 is 0 Å². The normalized spacial score (nSPS) is 61.2. The van der Waals surface area contributed by atoms with E-state index in [1.54, 1.807) is 0 Å². The van der Waals surface area contributed by atoms with Crippen LogP contribution in [0.3, 0.4) is 0 Å². The topological polar surface area (TPSA) is 40.5 Å². The van der Waals surface area contributed by atoms with Crippen LogP contribution in [0.4, 0.5) is 0 Å². The predicted molar refractivity (Wildman–Crippen MR) is 88.3 cm³/mol. The number of aliphatic hydroxyl groups is 2. The van der Waals surface area contributed by atoms with E-state index in [9.17, 15) is 10.2 Å². The summed E-state index contributed by atoms with van der Waals surface area (Å²) in [7, 11) is 0. The van der Waals surface area contributed by atoms with Gasteiger partial charge in [0.1, 0.15) is 0 Å². The number of hydrogen-bond donors (Lipinski definition) is 2. The van der Waals surface area contributed by atoms with Crippen LogP contribution in [-0.2, 0) is 0 Å². The third-order valence-corrected chi connectivity index (χ3v) is 9.04. The molecule has 22 heavy (non-hydrogen) atoms. The van der Waals surface area contributed by atoms with Crippen LogP contribution >= 0.6 is 0 Å². The molecule has 9 atom stereocenters. The Morgan fingerprint density at radius 3 is 2.45 bits per heavy atom. The Balaban J connectivity index is 1.68. The first-order chi connectivity index (χ1) is 10.4. The zero-order valence-electron chi connectivity index (χ0n) is 14.6. The molecule has 126 valence electrons. The van der Waals surface area contributed by atoms with Crippen LogP contribution in [0.25, 0.3) is 0 Å². The van der Waals surface area contributed by atoms with Gasteiger partial charge in [0.25, 0.3) is 0 Å². The smallest absolute Gasteiger partial charge is 0.0581 e. The molecule has 4 fully saturated rings. The summed E-state index contributed by atoms with van der Waals surface area (Å²) in [5, 5.41) is 21.2. The van der Waals surface area contributed by atoms with Crippen molar-refractivity contribution >= 4 is 0 Å². The highest BCUT2D eigenvalue weighted by atomic mass is 16.3. The molecule has 4 saturated carbocycles. The fraction of sp³-hybridized carbons (Fsp3) is 1.00. The molecular weight excluding hydrogens is 272 g/mol. The molecule has 0 amide bonds. The average molecular weight is 306 g/mol. The summed E-state index contributed by atoms with van der Waals surface area (Å²) in [4.78, 5) is 0. The first kappa shape index (κ1) is 15.4. The van der Waals surface area contributed by atoms with Gasteiger partial charge < -0.3 is 10.2 Å². The van der Waals surface area contributed by atoms with Gasteiger partial charge in [-0.05, 0) is 91.8 Å². The SMILES string of the molecule is C[C@H]1CC[C@H]2[C@@H]3CC[C@H]4C[C@H](O)CC[C@]4(C)[C@H]3[C@H](O)C[C@]12C. The van der Waals surface area contributed by atoms with Gasteiger partial charge in [-0.25, -0.2) is 0 Å². The monoisotopic (exact) mass is 306 g/mol. The molecule has 0 heterocycles. The minimum atomic E-state index is -0.116. The summed E-state index contributed by atoms with van der Waals surface area (Å²) >= 11 is 0. The number of hydrogen-bond acceptors (Lipinski definition) is 2. The lowest BCUT2D eigenvalue weighted by molar-refractivity contribution is -0.176. The predicted octanol–water partition coefficient (Wildman–Crippen LogP) is 4.00. The van der Waals surface area contributed by atoms with Gasteiger partial charge in [0.15, 0.2) is 0 Å². The van der Waals surface area contributed by atoms with Crippen molar-refractivity contribution in [3.63, 3.8) is 0 Å². The van der Waals surface area contributed by atoms with Gasteiger partial charge in [-0.3, -0.25) is 0 Å². The summed E-state index contributed by atoms with van der Waals surface area (Å²) in [6, 6.07) is 0. The number of fused-ring (bicyclic) bond motifs is 5. The van der Waals surface area contributed by atoms with Crippen molar-refractivity contribution in [2.45, 2.75) is 84.3 Å². The van der Waals surface area contributed by atoms with E-state index in [0.717, 1.165) is 43.4 Å². The summed E-state index contributed by atoms with van der Waals surface area (Å²) in [6.45, 7) is 7.33. The van der Waals surface area contributed by atoms with Crippen LogP contribution in [0, 0.1) is 40.4 Å². The van der Waals surface area contributed by atoms with E-state index in [1.165, 1.54) is 25.7 Å². The van der Waals surface area contributed by atoms with E-state index in [-0.39, 0.29) is 17.6 Å². The molecule has 0 spiro atoms. The molecule has 4 aliphatic carbocycles. The Hall–Kier alpha value is -0.0800. The quantitative estimate of drug-likeness (QED) is 0.710. The molecule has 2 N–H and O–H groups in total. The second kappa shape index (κ2) is 4.96. The highest BCUT2D eigenvalue weighted by Crippen LogP contribution is 2.67. The van der Waals surface area contributed by atoms with Gasteiger partial charge in [-0.2, -0.15) is 0 Å². The first-order valence-corrected chi connectivity index (χ1v) is 9.72. The van der Waals surface area contributed by atoms with Crippen LogP contribution in [-0.4, -0.2) is 22.4 Å². The molecule has 0 aromatic carbocycles. The molecule has 0 aliphatic heterocycles. The Labute approximate surface area is 135 Å². The Morgan fingerprint density at radius 2 is 1.68 bits per heavy atom. The summed E-state index contributed by atoms with van der Waals surface area (Å²) in [6.07, 6.45) is 9.17. The van der Waals surface area contributed by atoms with Gasteiger partial charge in [0.05, 0.1) is 12.2 Å². The third-order valence-electron chi connectivity index (χ3n) is 9.04. The maximum absolute atomic E-state index is 11.1. The molecule has 0 aromatic heterocycles. The highest BCUT2D eigenvalue weighted by molar-refractivity contribution is 5.11. The van der Waals surface area contributed by atoms with Gasteiger partial charge in [-0.15, -0.1) is 0 Å². The van der Waals surface area contributed by atoms with Gasteiger partial charge in [0, 0.05) is 0 Å². The lowest BCUT2D eigenvalue weighted by atomic mass is 9.44. The van der Waals surface area contributed by atoms with E-state index in [1.807, 2.05) is 0 Å². The second-order valence-electron chi connectivity index (χ2n) is 9.76. The molecule has 0 saturated heterocycles. The maximum atomic E-state index is 11.1. The van der Waals surface area contributed by atoms with Crippen molar-refractivity contribution in [3.05, 3.63) is 0 Å². The molecule has 0 radical (unpaired) electrons. The van der Waals surface area contributed by atoms with Crippen LogP contribution in [0.1, 0.15) is 72.1 Å². The molecule has 0 aromatic rings. The van der Waals surface area contributed by atoms with Crippen molar-refractivity contribution in [1.82, 2.24) is 0 Å². The lowest BCUT2D eigenvalue weighted by Gasteiger charge is -2.62. The molecule has 2 heteroatoms. The van der Waals surface area contributed by atoms with Gasteiger partial charge >= 0.3 is 0 Å². The van der Waals surface area contributed by atoms with Crippen molar-refractivity contribution < 1.29 is 10.2 Å². The fourth-order valence-electron chi connectivity index (χ4n) is 7.61. The van der Waals surface area contributed by atoms with Crippen molar-refractivity contribution in [2.75, 3.05) is 0 Å². The summed E-state index contributed by atoms with van der Waals surface area (Å²) in [5.74, 6) is 3.46. The number of rotatable bonds is 0. The average Bonchev–Trinajstić information content (AvgIpc) is 2.75. The number of aliphatic hydroxyl groups excluding tert-OH is 2. The third kappa shape index (κ3) is 1.92. The van der Waals surface area contributed by atoms with Crippen molar-refractivity contribution in [1.29, 1.82) is 0 Å². The minimum Gasteiger partial charge on any atom is -0.393 e. The second-order valence-corrected chi connectivity index (χ2v) is 9.76. The first-order valence-electron chi connectivity index (χ1n) is 9.72. The van der Waals surface area contributed by atoms with Crippen LogP contribution in [0.15, 0.2) is 0 Å². The molecule has 2 nitrogen and oxygen atoms in total.